The first-order valence-electron chi connectivity index (χ1n) is 8.38. The normalized spacial score (nSPS) is 13.2. The number of alkyl halides is 3. The van der Waals surface area contributed by atoms with Crippen LogP contribution >= 0.6 is 0 Å². The summed E-state index contributed by atoms with van der Waals surface area (Å²) in [7, 11) is 1.41. The van der Waals surface area contributed by atoms with Gasteiger partial charge in [-0.1, -0.05) is 12.1 Å². The van der Waals surface area contributed by atoms with Crippen LogP contribution < -0.4 is 19.5 Å². The van der Waals surface area contributed by atoms with Crippen molar-refractivity contribution in [3.8, 4) is 17.2 Å². The van der Waals surface area contributed by atoms with Crippen molar-refractivity contribution >= 4 is 23.5 Å². The van der Waals surface area contributed by atoms with E-state index in [2.05, 4.69) is 5.32 Å². The Labute approximate surface area is 163 Å². The highest BCUT2D eigenvalue weighted by atomic mass is 19.4. The van der Waals surface area contributed by atoms with E-state index in [4.69, 9.17) is 14.2 Å². The van der Waals surface area contributed by atoms with Crippen molar-refractivity contribution in [2.24, 2.45) is 0 Å². The van der Waals surface area contributed by atoms with Gasteiger partial charge >= 0.3 is 6.18 Å². The zero-order valence-corrected chi connectivity index (χ0v) is 15.4. The zero-order chi connectivity index (χ0) is 21.2. The minimum absolute atomic E-state index is 0.00681. The number of carbonyl (C=O) groups excluding carboxylic acids is 2. The van der Waals surface area contributed by atoms with Gasteiger partial charge < -0.3 is 19.5 Å². The van der Waals surface area contributed by atoms with Gasteiger partial charge in [0.05, 0.1) is 23.9 Å². The van der Waals surface area contributed by atoms with E-state index >= 15 is 0 Å². The van der Waals surface area contributed by atoms with Crippen LogP contribution in [0.4, 0.5) is 18.9 Å². The molecule has 1 amide bonds. The van der Waals surface area contributed by atoms with Crippen molar-refractivity contribution < 1.29 is 37.0 Å². The maximum Gasteiger partial charge on any atom is 0.418 e. The molecule has 0 spiro atoms. The second-order valence-corrected chi connectivity index (χ2v) is 6.07. The van der Waals surface area contributed by atoms with Gasteiger partial charge in [-0.2, -0.15) is 13.2 Å². The van der Waals surface area contributed by atoms with Gasteiger partial charge in [0, 0.05) is 0 Å². The number of methoxy groups -OCH3 is 1. The highest BCUT2D eigenvalue weighted by Gasteiger charge is 2.34. The maximum absolute atomic E-state index is 13.1. The number of rotatable bonds is 5. The molecule has 6 nitrogen and oxygen atoms in total. The molecular weight excluding hydrogens is 391 g/mol. The number of anilines is 1. The molecule has 152 valence electrons. The summed E-state index contributed by atoms with van der Waals surface area (Å²) in [5.74, 6) is -0.509. The van der Waals surface area contributed by atoms with E-state index in [0.717, 1.165) is 19.1 Å². The predicted molar refractivity (Wildman–Crippen MR) is 97.8 cm³/mol. The van der Waals surface area contributed by atoms with E-state index in [-0.39, 0.29) is 12.4 Å². The van der Waals surface area contributed by atoms with Gasteiger partial charge in [0.1, 0.15) is 0 Å². The number of hydrogen-bond acceptors (Lipinski definition) is 5. The van der Waals surface area contributed by atoms with Crippen molar-refractivity contribution in [1.82, 2.24) is 0 Å². The third kappa shape index (κ3) is 4.34. The van der Waals surface area contributed by atoms with Gasteiger partial charge in [0.15, 0.2) is 17.3 Å². The zero-order valence-electron chi connectivity index (χ0n) is 15.4. The van der Waals surface area contributed by atoms with Crippen LogP contribution in [0.25, 0.3) is 6.08 Å². The quantitative estimate of drug-likeness (QED) is 0.460. The maximum atomic E-state index is 13.1. The van der Waals surface area contributed by atoms with Gasteiger partial charge in [-0.3, -0.25) is 9.59 Å². The van der Waals surface area contributed by atoms with Crippen LogP contribution in [-0.2, 0) is 15.8 Å². The van der Waals surface area contributed by atoms with E-state index < -0.39 is 29.1 Å². The summed E-state index contributed by atoms with van der Waals surface area (Å²) in [6.45, 7) is 1.14. The summed E-state index contributed by atoms with van der Waals surface area (Å²) < 4.78 is 55.2. The summed E-state index contributed by atoms with van der Waals surface area (Å²) in [6, 6.07) is 7.57. The molecule has 29 heavy (non-hydrogen) atoms. The van der Waals surface area contributed by atoms with Gasteiger partial charge in [0.2, 0.25) is 12.5 Å². The standard InChI is InChI=1S/C20H16F3NO5/c1-11(25)13(7-12-8-16(27-2)18-17(9-12)28-10-29-18)19(26)24-15-6-4-3-5-14(15)20(21,22)23/h3-9H,10H2,1-2H3,(H,24,26)/b13-7+. The molecule has 1 heterocycles. The summed E-state index contributed by atoms with van der Waals surface area (Å²) in [4.78, 5) is 24.6. The predicted octanol–water partition coefficient (Wildman–Crippen LogP) is 4.05. The minimum atomic E-state index is -4.66. The van der Waals surface area contributed by atoms with Crippen molar-refractivity contribution in [2.45, 2.75) is 13.1 Å². The Morgan fingerprint density at radius 3 is 2.55 bits per heavy atom. The summed E-state index contributed by atoms with van der Waals surface area (Å²) in [5, 5.41) is 2.16. The molecule has 0 unspecified atom stereocenters. The molecule has 0 saturated heterocycles. The van der Waals surface area contributed by atoms with E-state index in [1.807, 2.05) is 0 Å². The number of nitrogens with one attached hydrogen (secondary N) is 1. The third-order valence-electron chi connectivity index (χ3n) is 4.10. The van der Waals surface area contributed by atoms with Crippen molar-refractivity contribution in [3.05, 3.63) is 53.1 Å². The molecule has 0 saturated carbocycles. The Morgan fingerprint density at radius 2 is 1.90 bits per heavy atom. The van der Waals surface area contributed by atoms with E-state index in [1.165, 1.54) is 37.5 Å². The topological polar surface area (TPSA) is 73.9 Å². The number of benzene rings is 2. The van der Waals surface area contributed by atoms with Gasteiger partial charge in [-0.15, -0.1) is 0 Å². The van der Waals surface area contributed by atoms with E-state index in [1.54, 1.807) is 0 Å². The van der Waals surface area contributed by atoms with Gasteiger partial charge in [0.25, 0.3) is 5.91 Å². The average molecular weight is 407 g/mol. The van der Waals surface area contributed by atoms with Crippen LogP contribution in [0.5, 0.6) is 17.2 Å². The van der Waals surface area contributed by atoms with Crippen molar-refractivity contribution in [3.63, 3.8) is 0 Å². The number of ketones is 1. The molecule has 0 fully saturated rings. The highest BCUT2D eigenvalue weighted by Crippen LogP contribution is 2.42. The SMILES string of the molecule is COc1cc(/C=C(\C(C)=O)C(=O)Nc2ccccc2C(F)(F)F)cc2c1OCO2. The first kappa shape index (κ1) is 20.2. The summed E-state index contributed by atoms with van der Waals surface area (Å²) in [5.41, 5.74) is -1.40. The van der Waals surface area contributed by atoms with Crippen molar-refractivity contribution in [2.75, 3.05) is 19.2 Å². The fraction of sp³-hybridized carbons (Fsp3) is 0.200. The minimum Gasteiger partial charge on any atom is -0.493 e. The number of amides is 1. The average Bonchev–Trinajstić information content (AvgIpc) is 3.13. The molecule has 0 aromatic heterocycles. The van der Waals surface area contributed by atoms with E-state index in [0.29, 0.717) is 22.8 Å². The van der Waals surface area contributed by atoms with Crippen LogP contribution in [0.3, 0.4) is 0 Å². The smallest absolute Gasteiger partial charge is 0.418 e. The van der Waals surface area contributed by atoms with Crippen LogP contribution in [0.2, 0.25) is 0 Å². The molecule has 2 aromatic rings. The molecule has 3 rings (SSSR count). The lowest BCUT2D eigenvalue weighted by atomic mass is 10.1. The van der Waals surface area contributed by atoms with Crippen LogP contribution in [-0.4, -0.2) is 25.6 Å². The second kappa shape index (κ2) is 7.86. The first-order valence-corrected chi connectivity index (χ1v) is 8.38. The number of fused-ring (bicyclic) bond motifs is 1. The number of ether oxygens (including phenoxy) is 3. The van der Waals surface area contributed by atoms with E-state index in [9.17, 15) is 22.8 Å². The number of hydrogen-bond donors (Lipinski definition) is 1. The molecule has 1 N–H and O–H groups in total. The summed E-state index contributed by atoms with van der Waals surface area (Å²) in [6.07, 6.45) is -3.41. The van der Waals surface area contributed by atoms with Gasteiger partial charge in [-0.05, 0) is 42.8 Å². The lowest BCUT2D eigenvalue weighted by Crippen LogP contribution is -2.21. The molecule has 9 heteroatoms. The molecule has 0 bridgehead atoms. The lowest BCUT2D eigenvalue weighted by Gasteiger charge is -2.14. The number of halogens is 3. The Hall–Kier alpha value is -3.49. The molecule has 0 aliphatic carbocycles. The molecule has 0 radical (unpaired) electrons. The van der Waals surface area contributed by atoms with Crippen LogP contribution in [0, 0.1) is 0 Å². The molecule has 0 atom stereocenters. The van der Waals surface area contributed by atoms with Gasteiger partial charge in [-0.25, -0.2) is 0 Å². The summed E-state index contributed by atoms with van der Waals surface area (Å²) >= 11 is 0. The number of Topliss-reactive ketones (excluding diaryl/α,β-unsaturated/α-hetero) is 1. The molecule has 1 aliphatic heterocycles. The number of para-hydroxylation sites is 1. The highest BCUT2D eigenvalue weighted by molar-refractivity contribution is 6.25. The lowest BCUT2D eigenvalue weighted by molar-refractivity contribution is -0.137. The van der Waals surface area contributed by atoms with Crippen molar-refractivity contribution in [1.29, 1.82) is 0 Å². The Kier molecular flexibility index (Phi) is 5.49. The largest absolute Gasteiger partial charge is 0.493 e. The fourth-order valence-electron chi connectivity index (χ4n) is 2.76. The fourth-order valence-corrected chi connectivity index (χ4v) is 2.76. The first-order chi connectivity index (χ1) is 13.7. The second-order valence-electron chi connectivity index (χ2n) is 6.07. The Balaban J connectivity index is 1.96. The number of carbonyl (C=O) groups is 2. The molecule has 2 aromatic carbocycles. The van der Waals surface area contributed by atoms with Crippen LogP contribution in [0.1, 0.15) is 18.1 Å². The Morgan fingerprint density at radius 1 is 1.17 bits per heavy atom. The molecule has 1 aliphatic rings. The third-order valence-corrected chi connectivity index (χ3v) is 4.10. The molecular formula is C20H16F3NO5. The van der Waals surface area contributed by atoms with Crippen LogP contribution in [0.15, 0.2) is 42.0 Å². The monoisotopic (exact) mass is 407 g/mol. The Bertz CT molecular complexity index is 998.